The Morgan fingerprint density at radius 2 is 1.92 bits per heavy atom. The maximum Gasteiger partial charge on any atom is 0.416 e. The van der Waals surface area contributed by atoms with Gasteiger partial charge < -0.3 is 25.0 Å². The fraction of sp³-hybridized carbons (Fsp3) is 0.577. The molecular formula is C26H36F3N5O3. The first-order chi connectivity index (χ1) is 17.5. The first-order valence-corrected chi connectivity index (χ1v) is 12.7. The van der Waals surface area contributed by atoms with E-state index in [9.17, 15) is 22.8 Å². The van der Waals surface area contributed by atoms with Gasteiger partial charge in [-0.25, -0.2) is 0 Å². The summed E-state index contributed by atoms with van der Waals surface area (Å²) in [5.74, 6) is -0.341. The Kier molecular flexibility index (Phi) is 9.58. The quantitative estimate of drug-likeness (QED) is 0.503. The minimum absolute atomic E-state index is 0.0117. The second-order valence-electron chi connectivity index (χ2n) is 9.47. The van der Waals surface area contributed by atoms with E-state index in [1.165, 1.54) is 50.7 Å². The number of carbonyl (C=O) groups excluding carboxylic acids is 2. The van der Waals surface area contributed by atoms with Crippen molar-refractivity contribution >= 4 is 17.5 Å². The molecule has 1 fully saturated rings. The Balaban J connectivity index is 0.000000206. The second kappa shape index (κ2) is 12.4. The van der Waals surface area contributed by atoms with Crippen LogP contribution >= 0.6 is 0 Å². The summed E-state index contributed by atoms with van der Waals surface area (Å²) in [6.45, 7) is 12.2. The number of carbonyl (C=O) groups is 2. The molecule has 2 amide bonds. The lowest BCUT2D eigenvalue weighted by Gasteiger charge is -2.31. The summed E-state index contributed by atoms with van der Waals surface area (Å²) in [7, 11) is 0. The maximum absolute atomic E-state index is 12.6. The minimum atomic E-state index is -4.50. The van der Waals surface area contributed by atoms with Gasteiger partial charge >= 0.3 is 6.18 Å². The van der Waals surface area contributed by atoms with Crippen LogP contribution in [0.2, 0.25) is 0 Å². The number of amides is 2. The van der Waals surface area contributed by atoms with E-state index in [4.69, 9.17) is 10.3 Å². The number of likely N-dealkylation sites (tertiary alicyclic amines) is 1. The highest BCUT2D eigenvalue weighted by molar-refractivity contribution is 5.98. The molecule has 0 atom stereocenters. The van der Waals surface area contributed by atoms with Crippen LogP contribution in [0.15, 0.2) is 22.7 Å². The number of fused-ring (bicyclic) bond motifs is 1. The fourth-order valence-corrected chi connectivity index (χ4v) is 4.64. The van der Waals surface area contributed by atoms with Gasteiger partial charge in [0, 0.05) is 25.2 Å². The third kappa shape index (κ3) is 7.47. The van der Waals surface area contributed by atoms with E-state index in [0.717, 1.165) is 41.6 Å². The molecular weight excluding hydrogens is 487 g/mol. The number of rotatable bonds is 9. The second-order valence-corrected chi connectivity index (χ2v) is 9.47. The predicted molar refractivity (Wildman–Crippen MR) is 134 cm³/mol. The number of alkyl halides is 3. The molecule has 0 saturated carbocycles. The summed E-state index contributed by atoms with van der Waals surface area (Å²) < 4.78 is 43.0. The third-order valence-corrected chi connectivity index (χ3v) is 6.75. The van der Waals surface area contributed by atoms with Crippen molar-refractivity contribution in [3.8, 4) is 0 Å². The van der Waals surface area contributed by atoms with Crippen LogP contribution in [0.3, 0.4) is 0 Å². The highest BCUT2D eigenvalue weighted by Gasteiger charge is 2.33. The third-order valence-electron chi connectivity index (χ3n) is 6.75. The number of anilines is 1. The predicted octanol–water partition coefficient (Wildman–Crippen LogP) is 3.79. The smallest absolute Gasteiger partial charge is 0.368 e. The molecule has 0 aliphatic carbocycles. The van der Waals surface area contributed by atoms with Crippen LogP contribution in [-0.4, -0.2) is 72.6 Å². The van der Waals surface area contributed by atoms with Crippen molar-refractivity contribution in [2.75, 3.05) is 50.7 Å². The van der Waals surface area contributed by atoms with Crippen LogP contribution in [-0.2, 0) is 17.4 Å². The standard InChI is InChI=1S/C14H25N3O.C12H11F3N2O2/c1-4-17(14-12(2)15-18-13(14)3)11-6-5-8-16-9-7-10-16;13-12(14,15)8-2-1-7-3-4-17(6-10(16)18)11(19)9(7)5-8/h4-11H2,1-3H3;1-2,5H,3-4,6H2,(H2,16,18). The van der Waals surface area contributed by atoms with E-state index >= 15 is 0 Å². The van der Waals surface area contributed by atoms with Crippen LogP contribution in [0.25, 0.3) is 0 Å². The van der Waals surface area contributed by atoms with Gasteiger partial charge in [-0.05, 0) is 83.8 Å². The van der Waals surface area contributed by atoms with Crippen molar-refractivity contribution in [1.82, 2.24) is 15.0 Å². The molecule has 2 aliphatic rings. The molecule has 1 aromatic carbocycles. The number of hydrogen-bond acceptors (Lipinski definition) is 6. The molecule has 1 aromatic heterocycles. The molecule has 204 valence electrons. The van der Waals surface area contributed by atoms with Gasteiger partial charge in [-0.2, -0.15) is 13.2 Å². The van der Waals surface area contributed by atoms with E-state index in [2.05, 4.69) is 21.9 Å². The lowest BCUT2D eigenvalue weighted by Crippen LogP contribution is -2.42. The highest BCUT2D eigenvalue weighted by Crippen LogP contribution is 2.32. The van der Waals surface area contributed by atoms with Crippen LogP contribution < -0.4 is 10.6 Å². The topological polar surface area (TPSA) is 95.9 Å². The Morgan fingerprint density at radius 1 is 1.19 bits per heavy atom. The average Bonchev–Trinajstić information content (AvgIpc) is 3.14. The summed E-state index contributed by atoms with van der Waals surface area (Å²) in [5, 5.41) is 4.04. The number of unbranched alkanes of at least 4 members (excludes halogenated alkanes) is 1. The van der Waals surface area contributed by atoms with Crippen molar-refractivity contribution in [2.24, 2.45) is 5.73 Å². The summed E-state index contributed by atoms with van der Waals surface area (Å²) in [6, 6.07) is 3.08. The zero-order valence-electron chi connectivity index (χ0n) is 21.7. The van der Waals surface area contributed by atoms with Gasteiger partial charge in [0.2, 0.25) is 5.91 Å². The molecule has 8 nitrogen and oxygen atoms in total. The van der Waals surface area contributed by atoms with Gasteiger partial charge in [-0.3, -0.25) is 9.59 Å². The number of aromatic nitrogens is 1. The molecule has 3 heterocycles. The highest BCUT2D eigenvalue weighted by atomic mass is 19.4. The molecule has 0 unspecified atom stereocenters. The molecule has 2 aromatic rings. The van der Waals surface area contributed by atoms with Crippen molar-refractivity contribution < 1.29 is 27.3 Å². The lowest BCUT2D eigenvalue weighted by atomic mass is 9.96. The van der Waals surface area contributed by atoms with Gasteiger partial charge in [0.15, 0.2) is 5.76 Å². The number of halogens is 3. The average molecular weight is 524 g/mol. The molecule has 1 saturated heterocycles. The van der Waals surface area contributed by atoms with Crippen molar-refractivity contribution in [2.45, 2.75) is 52.6 Å². The molecule has 37 heavy (non-hydrogen) atoms. The Labute approximate surface area is 215 Å². The first kappa shape index (κ1) is 28.5. The number of benzene rings is 1. The largest absolute Gasteiger partial charge is 0.416 e. The number of aryl methyl sites for hydroxylation is 2. The summed E-state index contributed by atoms with van der Waals surface area (Å²) in [4.78, 5) is 28.9. The molecule has 0 spiro atoms. The SMILES string of the molecule is CCN(CCCCN1CCC1)c1c(C)noc1C.NC(=O)CN1CCc2ccc(C(F)(F)F)cc2C1=O. The van der Waals surface area contributed by atoms with E-state index < -0.39 is 23.6 Å². The molecule has 11 heteroatoms. The number of nitrogens with zero attached hydrogens (tertiary/aromatic N) is 4. The zero-order valence-corrected chi connectivity index (χ0v) is 21.7. The van der Waals surface area contributed by atoms with Crippen LogP contribution in [0.1, 0.15) is 59.1 Å². The van der Waals surface area contributed by atoms with E-state index in [0.29, 0.717) is 12.0 Å². The van der Waals surface area contributed by atoms with E-state index in [1.54, 1.807) is 0 Å². The molecule has 2 N–H and O–H groups in total. The zero-order chi connectivity index (χ0) is 27.2. The normalized spacial score (nSPS) is 15.5. The summed E-state index contributed by atoms with van der Waals surface area (Å²) in [5.41, 5.74) is 6.87. The lowest BCUT2D eigenvalue weighted by molar-refractivity contribution is -0.137. The molecule has 2 aliphatic heterocycles. The Hall–Kier alpha value is -3.08. The molecule has 0 radical (unpaired) electrons. The van der Waals surface area contributed by atoms with Gasteiger partial charge in [0.25, 0.3) is 5.91 Å². The Bertz CT molecular complexity index is 1060. The van der Waals surface area contributed by atoms with E-state index in [1.807, 2.05) is 13.8 Å². The van der Waals surface area contributed by atoms with Gasteiger partial charge in [0.05, 0.1) is 12.1 Å². The van der Waals surface area contributed by atoms with E-state index in [-0.39, 0.29) is 18.7 Å². The number of hydrogen-bond donors (Lipinski definition) is 1. The van der Waals surface area contributed by atoms with Crippen LogP contribution in [0, 0.1) is 13.8 Å². The maximum atomic E-state index is 12.6. The fourth-order valence-electron chi connectivity index (χ4n) is 4.64. The van der Waals surface area contributed by atoms with Gasteiger partial charge in [-0.15, -0.1) is 0 Å². The van der Waals surface area contributed by atoms with Crippen LogP contribution in [0.5, 0.6) is 0 Å². The monoisotopic (exact) mass is 523 g/mol. The summed E-state index contributed by atoms with van der Waals surface area (Å²) >= 11 is 0. The Morgan fingerprint density at radius 3 is 2.46 bits per heavy atom. The first-order valence-electron chi connectivity index (χ1n) is 12.7. The van der Waals surface area contributed by atoms with Crippen molar-refractivity contribution in [3.05, 3.63) is 46.3 Å². The molecule has 0 bridgehead atoms. The summed E-state index contributed by atoms with van der Waals surface area (Å²) in [6.07, 6.45) is -0.164. The number of primary amides is 1. The van der Waals surface area contributed by atoms with Crippen molar-refractivity contribution in [3.63, 3.8) is 0 Å². The minimum Gasteiger partial charge on any atom is -0.368 e. The molecule has 4 rings (SSSR count). The van der Waals surface area contributed by atoms with Crippen LogP contribution in [0.4, 0.5) is 18.9 Å². The van der Waals surface area contributed by atoms with Gasteiger partial charge in [-0.1, -0.05) is 11.2 Å². The van der Waals surface area contributed by atoms with Gasteiger partial charge in [0.1, 0.15) is 11.4 Å². The van der Waals surface area contributed by atoms with Crippen molar-refractivity contribution in [1.29, 1.82) is 0 Å². The number of nitrogens with two attached hydrogens (primary N) is 1.